The standard InChI is InChI=1S/C25H24N2O8/c1-31-21-13-8-17(14-22(21)32-2)25(30)27-26-23(28)15-34-24(29)16-33-18-9-11-20(12-10-18)35-19-6-4-3-5-7-19/h3-14H,15-16H2,1-2H3,(H,26,28)(H,27,30). The summed E-state index contributed by atoms with van der Waals surface area (Å²) in [6.07, 6.45) is 0. The monoisotopic (exact) mass is 480 g/mol. The largest absolute Gasteiger partial charge is 0.493 e. The zero-order chi connectivity index (χ0) is 25.0. The summed E-state index contributed by atoms with van der Waals surface area (Å²) in [4.78, 5) is 35.9. The predicted octanol–water partition coefficient (Wildman–Crippen LogP) is 2.88. The van der Waals surface area contributed by atoms with Crippen molar-refractivity contribution >= 4 is 17.8 Å². The fourth-order valence-corrected chi connectivity index (χ4v) is 2.77. The van der Waals surface area contributed by atoms with Crippen LogP contribution < -0.4 is 29.8 Å². The fraction of sp³-hybridized carbons (Fsp3) is 0.160. The summed E-state index contributed by atoms with van der Waals surface area (Å²) in [6, 6.07) is 20.5. The Morgan fingerprint density at radius 3 is 2.06 bits per heavy atom. The van der Waals surface area contributed by atoms with Crippen molar-refractivity contribution in [3.63, 3.8) is 0 Å². The van der Waals surface area contributed by atoms with E-state index in [1.54, 1.807) is 30.3 Å². The molecule has 0 aliphatic heterocycles. The molecule has 0 saturated heterocycles. The highest BCUT2D eigenvalue weighted by molar-refractivity contribution is 5.96. The number of nitrogens with one attached hydrogen (secondary N) is 2. The SMILES string of the molecule is COc1ccc(C(=O)NNC(=O)COC(=O)COc2ccc(Oc3ccccc3)cc2)cc1OC. The van der Waals surface area contributed by atoms with Crippen molar-refractivity contribution < 1.29 is 38.1 Å². The quantitative estimate of drug-likeness (QED) is 0.336. The Kier molecular flexibility index (Phi) is 8.89. The molecular weight excluding hydrogens is 456 g/mol. The highest BCUT2D eigenvalue weighted by atomic mass is 16.6. The second kappa shape index (κ2) is 12.5. The maximum Gasteiger partial charge on any atom is 0.344 e. The molecular formula is C25H24N2O8. The van der Waals surface area contributed by atoms with Gasteiger partial charge in [0.05, 0.1) is 14.2 Å². The highest BCUT2D eigenvalue weighted by Crippen LogP contribution is 2.27. The van der Waals surface area contributed by atoms with Crippen LogP contribution in [-0.2, 0) is 14.3 Å². The molecule has 0 saturated carbocycles. The lowest BCUT2D eigenvalue weighted by atomic mass is 10.2. The molecule has 182 valence electrons. The number of benzene rings is 3. The summed E-state index contributed by atoms with van der Waals surface area (Å²) in [5.41, 5.74) is 4.61. The topological polar surface area (TPSA) is 121 Å². The Bertz CT molecular complexity index is 1150. The van der Waals surface area contributed by atoms with Crippen molar-refractivity contribution in [1.29, 1.82) is 0 Å². The minimum Gasteiger partial charge on any atom is -0.493 e. The van der Waals surface area contributed by atoms with Gasteiger partial charge in [-0.1, -0.05) is 18.2 Å². The number of ether oxygens (including phenoxy) is 5. The number of amides is 2. The number of carbonyl (C=O) groups is 3. The van der Waals surface area contributed by atoms with Gasteiger partial charge in [0.15, 0.2) is 24.7 Å². The molecule has 2 N–H and O–H groups in total. The second-order valence-electron chi connectivity index (χ2n) is 6.91. The number of methoxy groups -OCH3 is 2. The van der Waals surface area contributed by atoms with E-state index in [1.807, 2.05) is 30.3 Å². The summed E-state index contributed by atoms with van der Waals surface area (Å²) in [7, 11) is 2.91. The average Bonchev–Trinajstić information content (AvgIpc) is 2.90. The van der Waals surface area contributed by atoms with E-state index >= 15 is 0 Å². The van der Waals surface area contributed by atoms with Gasteiger partial charge in [-0.2, -0.15) is 0 Å². The van der Waals surface area contributed by atoms with Crippen LogP contribution in [0.1, 0.15) is 10.4 Å². The van der Waals surface area contributed by atoms with Crippen molar-refractivity contribution in [2.24, 2.45) is 0 Å². The molecule has 35 heavy (non-hydrogen) atoms. The summed E-state index contributed by atoms with van der Waals surface area (Å²) in [6.45, 7) is -0.998. The molecule has 2 amide bonds. The van der Waals surface area contributed by atoms with E-state index in [-0.39, 0.29) is 5.56 Å². The maximum absolute atomic E-state index is 12.2. The fourth-order valence-electron chi connectivity index (χ4n) is 2.77. The lowest BCUT2D eigenvalue weighted by Crippen LogP contribution is -2.43. The lowest BCUT2D eigenvalue weighted by molar-refractivity contribution is -0.150. The molecule has 0 fully saturated rings. The van der Waals surface area contributed by atoms with E-state index in [4.69, 9.17) is 23.7 Å². The van der Waals surface area contributed by atoms with Crippen LogP contribution in [0, 0.1) is 0 Å². The van der Waals surface area contributed by atoms with Gasteiger partial charge in [-0.3, -0.25) is 20.4 Å². The Labute approximate surface area is 201 Å². The number of rotatable bonds is 10. The van der Waals surface area contributed by atoms with Gasteiger partial charge in [0, 0.05) is 5.56 Å². The van der Waals surface area contributed by atoms with Crippen LogP contribution in [0.5, 0.6) is 28.7 Å². The Hall–Kier alpha value is -4.73. The Morgan fingerprint density at radius 1 is 0.714 bits per heavy atom. The van der Waals surface area contributed by atoms with Crippen LogP contribution in [0.15, 0.2) is 72.8 Å². The molecule has 0 unspecified atom stereocenters. The molecule has 10 nitrogen and oxygen atoms in total. The van der Waals surface area contributed by atoms with E-state index in [2.05, 4.69) is 10.9 Å². The van der Waals surface area contributed by atoms with Crippen LogP contribution in [0.3, 0.4) is 0 Å². The lowest BCUT2D eigenvalue weighted by Gasteiger charge is -2.11. The molecule has 0 radical (unpaired) electrons. The molecule has 3 rings (SSSR count). The Balaban J connectivity index is 1.36. The molecule has 0 atom stereocenters. The summed E-state index contributed by atoms with van der Waals surface area (Å²) in [5.74, 6) is 0.478. The normalized spacial score (nSPS) is 10.0. The van der Waals surface area contributed by atoms with Crippen LogP contribution >= 0.6 is 0 Å². The van der Waals surface area contributed by atoms with Crippen LogP contribution in [0.2, 0.25) is 0 Å². The van der Waals surface area contributed by atoms with Gasteiger partial charge in [0.25, 0.3) is 11.8 Å². The van der Waals surface area contributed by atoms with Crippen LogP contribution in [0.4, 0.5) is 0 Å². The van der Waals surface area contributed by atoms with Gasteiger partial charge >= 0.3 is 5.97 Å². The van der Waals surface area contributed by atoms with E-state index in [9.17, 15) is 14.4 Å². The van der Waals surface area contributed by atoms with Crippen molar-refractivity contribution in [3.8, 4) is 28.7 Å². The van der Waals surface area contributed by atoms with E-state index in [1.165, 1.54) is 26.4 Å². The molecule has 0 aliphatic rings. The van der Waals surface area contributed by atoms with E-state index in [0.29, 0.717) is 28.7 Å². The molecule has 3 aromatic rings. The van der Waals surface area contributed by atoms with E-state index in [0.717, 1.165) is 0 Å². The second-order valence-corrected chi connectivity index (χ2v) is 6.91. The van der Waals surface area contributed by atoms with Crippen LogP contribution in [-0.4, -0.2) is 45.2 Å². The van der Waals surface area contributed by atoms with Gasteiger partial charge in [0.2, 0.25) is 0 Å². The third-order valence-corrected chi connectivity index (χ3v) is 4.48. The predicted molar refractivity (Wildman–Crippen MR) is 125 cm³/mol. The maximum atomic E-state index is 12.2. The first-order valence-corrected chi connectivity index (χ1v) is 10.4. The number of hydrazine groups is 1. The zero-order valence-electron chi connectivity index (χ0n) is 19.1. The molecule has 10 heteroatoms. The third-order valence-electron chi connectivity index (χ3n) is 4.48. The van der Waals surface area contributed by atoms with Gasteiger partial charge in [-0.25, -0.2) is 4.79 Å². The van der Waals surface area contributed by atoms with Crippen molar-refractivity contribution in [3.05, 3.63) is 78.4 Å². The first-order valence-electron chi connectivity index (χ1n) is 10.4. The molecule has 0 spiro atoms. The summed E-state index contributed by atoms with van der Waals surface area (Å²) < 4.78 is 26.1. The number of esters is 1. The number of carbonyl (C=O) groups excluding carboxylic acids is 3. The van der Waals surface area contributed by atoms with Gasteiger partial charge in [-0.15, -0.1) is 0 Å². The third kappa shape index (κ3) is 7.67. The smallest absolute Gasteiger partial charge is 0.344 e. The van der Waals surface area contributed by atoms with E-state index < -0.39 is 31.0 Å². The number of hydrogen-bond donors (Lipinski definition) is 2. The van der Waals surface area contributed by atoms with Gasteiger partial charge in [0.1, 0.15) is 17.2 Å². The van der Waals surface area contributed by atoms with Crippen molar-refractivity contribution in [2.75, 3.05) is 27.4 Å². The molecule has 0 heterocycles. The first-order chi connectivity index (χ1) is 17.0. The molecule has 3 aromatic carbocycles. The van der Waals surface area contributed by atoms with Gasteiger partial charge < -0.3 is 23.7 Å². The average molecular weight is 480 g/mol. The summed E-state index contributed by atoms with van der Waals surface area (Å²) in [5, 5.41) is 0. The minimum absolute atomic E-state index is 0.230. The Morgan fingerprint density at radius 2 is 1.37 bits per heavy atom. The number of hydrogen-bond acceptors (Lipinski definition) is 8. The molecule has 0 aromatic heterocycles. The van der Waals surface area contributed by atoms with Crippen molar-refractivity contribution in [2.45, 2.75) is 0 Å². The zero-order valence-corrected chi connectivity index (χ0v) is 19.1. The molecule has 0 aliphatic carbocycles. The minimum atomic E-state index is -0.754. The van der Waals surface area contributed by atoms with Gasteiger partial charge in [-0.05, 0) is 54.6 Å². The highest BCUT2D eigenvalue weighted by Gasteiger charge is 2.13. The van der Waals surface area contributed by atoms with Crippen LogP contribution in [0.25, 0.3) is 0 Å². The molecule has 0 bridgehead atoms. The van der Waals surface area contributed by atoms with Crippen molar-refractivity contribution in [1.82, 2.24) is 10.9 Å². The number of para-hydroxylation sites is 1. The first kappa shape index (κ1) is 24.9. The summed E-state index contributed by atoms with van der Waals surface area (Å²) >= 11 is 0.